The zero-order chi connectivity index (χ0) is 15.8. The van der Waals surface area contributed by atoms with Crippen LogP contribution in [0.5, 0.6) is 0 Å². The molecule has 2 amide bonds. The van der Waals surface area contributed by atoms with Crippen LogP contribution >= 0.6 is 11.6 Å². The minimum absolute atomic E-state index is 0.144. The number of rotatable bonds is 6. The lowest BCUT2D eigenvalue weighted by molar-refractivity contribution is 0.217. The van der Waals surface area contributed by atoms with Crippen LogP contribution in [0.1, 0.15) is 17.2 Å². The summed E-state index contributed by atoms with van der Waals surface area (Å²) in [7, 11) is 0. The zero-order valence-corrected chi connectivity index (χ0v) is 12.9. The molecule has 0 aliphatic carbocycles. The van der Waals surface area contributed by atoms with E-state index in [4.69, 9.17) is 11.6 Å². The zero-order valence-electron chi connectivity index (χ0n) is 12.1. The van der Waals surface area contributed by atoms with Crippen LogP contribution in [0.3, 0.4) is 0 Å². The number of urea groups is 1. The number of halogens is 1. The molecule has 0 bridgehead atoms. The number of carbonyl (C=O) groups excluding carboxylic acids is 1. The Hall–Kier alpha value is -2.04. The van der Waals surface area contributed by atoms with Crippen LogP contribution in [-0.4, -0.2) is 24.3 Å². The third-order valence-electron chi connectivity index (χ3n) is 3.30. The fourth-order valence-corrected chi connectivity index (χ4v) is 2.23. The summed E-state index contributed by atoms with van der Waals surface area (Å²) in [6.45, 7) is 0.370. The number of aliphatic hydroxyl groups excluding tert-OH is 1. The molecule has 0 aliphatic heterocycles. The first-order valence-electron chi connectivity index (χ1n) is 7.13. The van der Waals surface area contributed by atoms with E-state index < -0.39 is 6.04 Å². The first kappa shape index (κ1) is 16.3. The Balaban J connectivity index is 1.78. The van der Waals surface area contributed by atoms with Crippen LogP contribution in [-0.2, 0) is 6.42 Å². The summed E-state index contributed by atoms with van der Waals surface area (Å²) >= 11 is 5.82. The van der Waals surface area contributed by atoms with Gasteiger partial charge in [0.1, 0.15) is 0 Å². The summed E-state index contributed by atoms with van der Waals surface area (Å²) in [6.07, 6.45) is 0.722. The van der Waals surface area contributed by atoms with Crippen molar-refractivity contribution in [3.63, 3.8) is 0 Å². The van der Waals surface area contributed by atoms with E-state index in [1.165, 1.54) is 0 Å². The van der Waals surface area contributed by atoms with Gasteiger partial charge in [-0.25, -0.2) is 4.79 Å². The summed E-state index contributed by atoms with van der Waals surface area (Å²) in [5, 5.41) is 15.6. The van der Waals surface area contributed by atoms with Crippen molar-refractivity contribution in [1.82, 2.24) is 10.6 Å². The molecule has 4 nitrogen and oxygen atoms in total. The predicted molar refractivity (Wildman–Crippen MR) is 88.0 cm³/mol. The molecule has 0 heterocycles. The molecule has 3 N–H and O–H groups in total. The molecule has 0 radical (unpaired) electrons. The monoisotopic (exact) mass is 318 g/mol. The second-order valence-corrected chi connectivity index (χ2v) is 5.36. The molecule has 1 unspecified atom stereocenters. The van der Waals surface area contributed by atoms with Gasteiger partial charge in [-0.3, -0.25) is 0 Å². The van der Waals surface area contributed by atoms with Crippen LogP contribution in [0.25, 0.3) is 0 Å². The fraction of sp³-hybridized carbons (Fsp3) is 0.235. The van der Waals surface area contributed by atoms with Crippen LogP contribution < -0.4 is 10.6 Å². The van der Waals surface area contributed by atoms with Crippen molar-refractivity contribution >= 4 is 17.6 Å². The number of benzene rings is 2. The lowest BCUT2D eigenvalue weighted by Crippen LogP contribution is -2.40. The van der Waals surface area contributed by atoms with E-state index in [-0.39, 0.29) is 12.6 Å². The maximum Gasteiger partial charge on any atom is 0.315 e. The summed E-state index contributed by atoms with van der Waals surface area (Å²) in [5.41, 5.74) is 1.98. The Morgan fingerprint density at radius 1 is 1.09 bits per heavy atom. The van der Waals surface area contributed by atoms with Crippen LogP contribution in [0, 0.1) is 0 Å². The predicted octanol–water partition coefficient (Wildman–Crippen LogP) is 2.92. The van der Waals surface area contributed by atoms with Crippen molar-refractivity contribution in [1.29, 1.82) is 0 Å². The molecule has 0 saturated carbocycles. The molecule has 0 aromatic heterocycles. The van der Waals surface area contributed by atoms with Gasteiger partial charge in [0.2, 0.25) is 0 Å². The first-order chi connectivity index (χ1) is 10.7. The number of nitrogens with one attached hydrogen (secondary N) is 2. The molecule has 5 heteroatoms. The van der Waals surface area contributed by atoms with E-state index in [0.29, 0.717) is 11.6 Å². The molecule has 0 fully saturated rings. The molecular weight excluding hydrogens is 300 g/mol. The first-order valence-corrected chi connectivity index (χ1v) is 7.51. The minimum atomic E-state index is -0.406. The Labute approximate surface area is 135 Å². The van der Waals surface area contributed by atoms with Gasteiger partial charge in [-0.15, -0.1) is 0 Å². The van der Waals surface area contributed by atoms with E-state index in [9.17, 15) is 9.90 Å². The Morgan fingerprint density at radius 3 is 2.41 bits per heavy atom. The van der Waals surface area contributed by atoms with Gasteiger partial charge in [-0.1, -0.05) is 54.1 Å². The van der Waals surface area contributed by atoms with Gasteiger partial charge < -0.3 is 15.7 Å². The highest BCUT2D eigenvalue weighted by atomic mass is 35.5. The van der Waals surface area contributed by atoms with Crippen molar-refractivity contribution in [2.45, 2.75) is 12.5 Å². The highest BCUT2D eigenvalue weighted by Crippen LogP contribution is 2.11. The van der Waals surface area contributed by atoms with Gasteiger partial charge in [-0.05, 0) is 29.7 Å². The van der Waals surface area contributed by atoms with E-state index in [2.05, 4.69) is 10.6 Å². The molecule has 22 heavy (non-hydrogen) atoms. The van der Waals surface area contributed by atoms with Gasteiger partial charge in [0.15, 0.2) is 0 Å². The maximum atomic E-state index is 11.9. The molecule has 0 aliphatic rings. The summed E-state index contributed by atoms with van der Waals surface area (Å²) in [4.78, 5) is 11.9. The van der Waals surface area contributed by atoms with Gasteiger partial charge in [0.05, 0.1) is 12.6 Å². The second kappa shape index (κ2) is 8.41. The summed E-state index contributed by atoms with van der Waals surface area (Å²) in [6, 6.07) is 16.2. The standard InChI is InChI=1S/C17H19ClN2O2/c18-15-8-6-13(7-9-15)10-11-19-17(22)20-16(12-21)14-4-2-1-3-5-14/h1-9,16,21H,10-12H2,(H2,19,20,22). The SMILES string of the molecule is O=C(NCCc1ccc(Cl)cc1)NC(CO)c1ccccc1. The van der Waals surface area contributed by atoms with Gasteiger partial charge in [0, 0.05) is 11.6 Å². The van der Waals surface area contributed by atoms with Crippen molar-refractivity contribution in [2.75, 3.05) is 13.2 Å². The molecular formula is C17H19ClN2O2. The van der Waals surface area contributed by atoms with Crippen LogP contribution in [0.4, 0.5) is 4.79 Å². The molecule has 116 valence electrons. The third-order valence-corrected chi connectivity index (χ3v) is 3.55. The number of hydrogen-bond acceptors (Lipinski definition) is 2. The lowest BCUT2D eigenvalue weighted by atomic mass is 10.1. The van der Waals surface area contributed by atoms with E-state index in [1.807, 2.05) is 54.6 Å². The summed E-state index contributed by atoms with van der Waals surface area (Å²) < 4.78 is 0. The fourth-order valence-electron chi connectivity index (χ4n) is 2.10. The topological polar surface area (TPSA) is 61.4 Å². The molecule has 0 spiro atoms. The minimum Gasteiger partial charge on any atom is -0.394 e. The Morgan fingerprint density at radius 2 is 1.77 bits per heavy atom. The summed E-state index contributed by atoms with van der Waals surface area (Å²) in [5.74, 6) is 0. The van der Waals surface area contributed by atoms with Crippen molar-refractivity contribution in [3.8, 4) is 0 Å². The van der Waals surface area contributed by atoms with E-state index >= 15 is 0 Å². The quantitative estimate of drug-likeness (QED) is 0.767. The highest BCUT2D eigenvalue weighted by molar-refractivity contribution is 6.30. The van der Waals surface area contributed by atoms with Crippen molar-refractivity contribution in [2.24, 2.45) is 0 Å². The lowest BCUT2D eigenvalue weighted by Gasteiger charge is -2.17. The maximum absolute atomic E-state index is 11.9. The Bertz CT molecular complexity index is 587. The largest absolute Gasteiger partial charge is 0.394 e. The van der Waals surface area contributed by atoms with Crippen molar-refractivity contribution < 1.29 is 9.90 Å². The molecule has 2 aromatic carbocycles. The van der Waals surface area contributed by atoms with Gasteiger partial charge >= 0.3 is 6.03 Å². The second-order valence-electron chi connectivity index (χ2n) is 4.92. The van der Waals surface area contributed by atoms with E-state index in [0.717, 1.165) is 17.5 Å². The molecule has 2 aromatic rings. The number of carbonyl (C=O) groups is 1. The molecule has 1 atom stereocenters. The molecule has 2 rings (SSSR count). The van der Waals surface area contributed by atoms with Crippen molar-refractivity contribution in [3.05, 3.63) is 70.7 Å². The Kier molecular flexibility index (Phi) is 6.25. The number of aliphatic hydroxyl groups is 1. The average Bonchev–Trinajstić information content (AvgIpc) is 2.55. The smallest absolute Gasteiger partial charge is 0.315 e. The normalized spacial score (nSPS) is 11.7. The van der Waals surface area contributed by atoms with E-state index in [1.54, 1.807) is 0 Å². The molecule has 0 saturated heterocycles. The average molecular weight is 319 g/mol. The number of amides is 2. The van der Waals surface area contributed by atoms with Crippen LogP contribution in [0.15, 0.2) is 54.6 Å². The van der Waals surface area contributed by atoms with Gasteiger partial charge in [0.25, 0.3) is 0 Å². The van der Waals surface area contributed by atoms with Crippen LogP contribution in [0.2, 0.25) is 5.02 Å². The highest BCUT2D eigenvalue weighted by Gasteiger charge is 2.12. The van der Waals surface area contributed by atoms with Gasteiger partial charge in [-0.2, -0.15) is 0 Å². The number of hydrogen-bond donors (Lipinski definition) is 3. The third kappa shape index (κ3) is 5.06.